The molecule has 1 aliphatic carbocycles. The van der Waals surface area contributed by atoms with E-state index in [9.17, 15) is 0 Å². The number of piperidine rings is 1. The zero-order chi connectivity index (χ0) is 14.7. The second-order valence-corrected chi connectivity index (χ2v) is 7.15. The normalized spacial score (nSPS) is 28.0. The molecule has 2 fully saturated rings. The smallest absolute Gasteiger partial charge is 0.0314 e. The van der Waals surface area contributed by atoms with E-state index in [0.29, 0.717) is 5.92 Å². The van der Waals surface area contributed by atoms with Gasteiger partial charge in [-0.2, -0.15) is 0 Å². The van der Waals surface area contributed by atoms with Crippen molar-refractivity contribution >= 4 is 5.69 Å². The maximum Gasteiger partial charge on any atom is 0.0314 e. The Kier molecular flexibility index (Phi) is 4.84. The van der Waals surface area contributed by atoms with Gasteiger partial charge in [-0.15, -0.1) is 0 Å². The number of fused-ring (bicyclic) bond motifs is 1. The number of hydrogen-bond acceptors (Lipinski definition) is 2. The van der Waals surface area contributed by atoms with Crippen LogP contribution in [0.2, 0.25) is 0 Å². The highest BCUT2D eigenvalue weighted by atomic mass is 15.2. The largest absolute Gasteiger partial charge is 0.399 e. The molecule has 0 bridgehead atoms. The Morgan fingerprint density at radius 2 is 1.81 bits per heavy atom. The molecule has 0 amide bonds. The average molecular weight is 286 g/mol. The molecular weight excluding hydrogens is 256 g/mol. The Balaban J connectivity index is 1.55. The summed E-state index contributed by atoms with van der Waals surface area (Å²) in [6.45, 7) is 4.95. The van der Waals surface area contributed by atoms with E-state index in [1.165, 1.54) is 63.6 Å². The number of benzene rings is 1. The van der Waals surface area contributed by atoms with Crippen LogP contribution in [0, 0.1) is 5.92 Å². The van der Waals surface area contributed by atoms with E-state index in [4.69, 9.17) is 5.73 Å². The number of rotatable bonds is 4. The van der Waals surface area contributed by atoms with Crippen LogP contribution < -0.4 is 5.73 Å². The maximum absolute atomic E-state index is 5.78. The molecule has 1 heterocycles. The third-order valence-electron chi connectivity index (χ3n) is 5.71. The molecule has 2 heteroatoms. The van der Waals surface area contributed by atoms with Crippen molar-refractivity contribution in [2.45, 2.75) is 63.8 Å². The zero-order valence-corrected chi connectivity index (χ0v) is 13.4. The summed E-state index contributed by atoms with van der Waals surface area (Å²) in [7, 11) is 0. The number of anilines is 1. The fraction of sp³-hybridized carbons (Fsp3) is 0.684. The van der Waals surface area contributed by atoms with E-state index in [0.717, 1.165) is 17.6 Å². The quantitative estimate of drug-likeness (QED) is 0.830. The SMILES string of the molecule is CC(CCN1CCCC2CCCCC21)c1ccc(N)cc1. The Morgan fingerprint density at radius 3 is 2.62 bits per heavy atom. The van der Waals surface area contributed by atoms with Crippen LogP contribution in [0.25, 0.3) is 0 Å². The van der Waals surface area contributed by atoms with Gasteiger partial charge in [0.2, 0.25) is 0 Å². The average Bonchev–Trinajstić information content (AvgIpc) is 2.53. The van der Waals surface area contributed by atoms with Crippen molar-refractivity contribution in [3.63, 3.8) is 0 Å². The molecule has 3 rings (SSSR count). The molecule has 0 spiro atoms. The van der Waals surface area contributed by atoms with Crippen molar-refractivity contribution in [3.8, 4) is 0 Å². The minimum Gasteiger partial charge on any atom is -0.399 e. The fourth-order valence-corrected chi connectivity index (χ4v) is 4.36. The second-order valence-electron chi connectivity index (χ2n) is 7.15. The lowest BCUT2D eigenvalue weighted by molar-refractivity contribution is 0.0588. The molecule has 3 unspecified atom stereocenters. The minimum absolute atomic E-state index is 0.634. The van der Waals surface area contributed by atoms with Gasteiger partial charge in [-0.25, -0.2) is 0 Å². The van der Waals surface area contributed by atoms with E-state index >= 15 is 0 Å². The van der Waals surface area contributed by atoms with E-state index in [1.54, 1.807) is 0 Å². The standard InChI is InChI=1S/C19H30N2/c1-15(16-8-10-18(20)11-9-16)12-14-21-13-4-6-17-5-2-3-7-19(17)21/h8-11,15,17,19H,2-7,12-14,20H2,1H3. The first-order valence-electron chi connectivity index (χ1n) is 8.83. The second kappa shape index (κ2) is 6.83. The lowest BCUT2D eigenvalue weighted by Gasteiger charge is -2.44. The summed E-state index contributed by atoms with van der Waals surface area (Å²) in [5, 5.41) is 0. The van der Waals surface area contributed by atoms with Gasteiger partial charge in [-0.05, 0) is 74.7 Å². The van der Waals surface area contributed by atoms with Crippen LogP contribution in [0.1, 0.15) is 63.4 Å². The van der Waals surface area contributed by atoms with E-state index < -0.39 is 0 Å². The molecule has 2 N–H and O–H groups in total. The molecule has 1 saturated carbocycles. The Labute approximate surface area is 129 Å². The summed E-state index contributed by atoms with van der Waals surface area (Å²) in [5.74, 6) is 1.63. The fourth-order valence-electron chi connectivity index (χ4n) is 4.36. The molecule has 0 radical (unpaired) electrons. The van der Waals surface area contributed by atoms with Crippen LogP contribution in [0.3, 0.4) is 0 Å². The predicted octanol–water partition coefficient (Wildman–Crippen LogP) is 4.42. The van der Waals surface area contributed by atoms with E-state index in [-0.39, 0.29) is 0 Å². The number of likely N-dealkylation sites (tertiary alicyclic amines) is 1. The summed E-state index contributed by atoms with van der Waals surface area (Å²) in [6.07, 6.45) is 10.0. The predicted molar refractivity (Wildman–Crippen MR) is 90.4 cm³/mol. The first-order valence-corrected chi connectivity index (χ1v) is 8.83. The summed E-state index contributed by atoms with van der Waals surface area (Å²) in [6, 6.07) is 9.35. The van der Waals surface area contributed by atoms with Gasteiger partial charge in [0.15, 0.2) is 0 Å². The van der Waals surface area contributed by atoms with Gasteiger partial charge in [-0.1, -0.05) is 31.9 Å². The molecule has 2 aliphatic rings. The third kappa shape index (κ3) is 3.60. The lowest BCUT2D eigenvalue weighted by Crippen LogP contribution is -2.47. The highest BCUT2D eigenvalue weighted by molar-refractivity contribution is 5.40. The van der Waals surface area contributed by atoms with Crippen LogP contribution in [0.4, 0.5) is 5.69 Å². The lowest BCUT2D eigenvalue weighted by atomic mass is 9.78. The molecule has 1 saturated heterocycles. The summed E-state index contributed by atoms with van der Waals surface area (Å²) >= 11 is 0. The van der Waals surface area contributed by atoms with Crippen LogP contribution in [0.15, 0.2) is 24.3 Å². The number of nitrogens with two attached hydrogens (primary N) is 1. The summed E-state index contributed by atoms with van der Waals surface area (Å²) in [4.78, 5) is 2.81. The molecule has 1 aromatic rings. The maximum atomic E-state index is 5.78. The van der Waals surface area contributed by atoms with E-state index in [1.807, 2.05) is 12.1 Å². The van der Waals surface area contributed by atoms with Crippen molar-refractivity contribution in [1.29, 1.82) is 0 Å². The minimum atomic E-state index is 0.634. The molecular formula is C19H30N2. The van der Waals surface area contributed by atoms with Gasteiger partial charge in [0, 0.05) is 11.7 Å². The monoisotopic (exact) mass is 286 g/mol. The molecule has 3 atom stereocenters. The molecule has 2 nitrogen and oxygen atoms in total. The first kappa shape index (κ1) is 14.9. The molecule has 21 heavy (non-hydrogen) atoms. The van der Waals surface area contributed by atoms with Crippen LogP contribution >= 0.6 is 0 Å². The molecule has 1 aromatic carbocycles. The third-order valence-corrected chi connectivity index (χ3v) is 5.71. The summed E-state index contributed by atoms with van der Waals surface area (Å²) < 4.78 is 0. The van der Waals surface area contributed by atoms with Gasteiger partial charge in [0.1, 0.15) is 0 Å². The van der Waals surface area contributed by atoms with Crippen molar-refractivity contribution in [1.82, 2.24) is 4.90 Å². The highest BCUT2D eigenvalue weighted by Crippen LogP contribution is 2.35. The van der Waals surface area contributed by atoms with Crippen molar-refractivity contribution in [2.24, 2.45) is 5.92 Å². The molecule has 116 valence electrons. The van der Waals surface area contributed by atoms with Gasteiger partial charge in [0.25, 0.3) is 0 Å². The van der Waals surface area contributed by atoms with Crippen molar-refractivity contribution < 1.29 is 0 Å². The molecule has 0 aromatic heterocycles. The van der Waals surface area contributed by atoms with Crippen LogP contribution in [-0.2, 0) is 0 Å². The number of hydrogen-bond donors (Lipinski definition) is 1. The zero-order valence-electron chi connectivity index (χ0n) is 13.4. The topological polar surface area (TPSA) is 29.3 Å². The van der Waals surface area contributed by atoms with Crippen molar-refractivity contribution in [2.75, 3.05) is 18.8 Å². The first-order chi connectivity index (χ1) is 10.2. The Hall–Kier alpha value is -1.02. The Morgan fingerprint density at radius 1 is 1.10 bits per heavy atom. The number of nitrogen functional groups attached to an aromatic ring is 1. The van der Waals surface area contributed by atoms with E-state index in [2.05, 4.69) is 24.0 Å². The van der Waals surface area contributed by atoms with Gasteiger partial charge in [0.05, 0.1) is 0 Å². The van der Waals surface area contributed by atoms with Gasteiger partial charge in [-0.3, -0.25) is 0 Å². The van der Waals surface area contributed by atoms with Crippen molar-refractivity contribution in [3.05, 3.63) is 29.8 Å². The summed E-state index contributed by atoms with van der Waals surface area (Å²) in [5.41, 5.74) is 8.08. The van der Waals surface area contributed by atoms with Gasteiger partial charge < -0.3 is 10.6 Å². The Bertz CT molecular complexity index is 437. The van der Waals surface area contributed by atoms with Crippen LogP contribution in [0.5, 0.6) is 0 Å². The highest BCUT2D eigenvalue weighted by Gasteiger charge is 2.32. The van der Waals surface area contributed by atoms with Gasteiger partial charge >= 0.3 is 0 Å². The number of nitrogens with zero attached hydrogens (tertiary/aromatic N) is 1. The van der Waals surface area contributed by atoms with Crippen LogP contribution in [-0.4, -0.2) is 24.0 Å². The molecule has 1 aliphatic heterocycles.